The minimum atomic E-state index is -5.21. The molecule has 0 aliphatic rings. The molecule has 16 nitrogen and oxygen atoms in total. The Kier molecular flexibility index (Phi) is 18.2. The molecule has 0 saturated heterocycles. The fourth-order valence-corrected chi connectivity index (χ4v) is 4.47. The molecule has 4 aromatic rings. The Hall–Kier alpha value is -2.31. The number of halogens is 3. The van der Waals surface area contributed by atoms with Crippen LogP contribution in [0.1, 0.15) is 21.5 Å². The number of azo groups is 1. The molecule has 24 heteroatoms. The molecule has 3 aromatic carbocycles. The van der Waals surface area contributed by atoms with Crippen molar-refractivity contribution >= 4 is 68.4 Å². The van der Waals surface area contributed by atoms with Crippen molar-refractivity contribution in [2.45, 2.75) is 16.7 Å². The Labute approximate surface area is 339 Å². The van der Waals surface area contributed by atoms with Gasteiger partial charge in [-0.25, -0.2) is 13.2 Å². The Bertz CT molecular complexity index is 1990. The average Bonchev–Trinajstić information content (AvgIpc) is 3.00. The number of anilines is 2. The molecule has 0 atom stereocenters. The van der Waals surface area contributed by atoms with E-state index in [1.807, 2.05) is 0 Å². The first-order valence-corrected chi connectivity index (χ1v) is 14.6. The van der Waals surface area contributed by atoms with Crippen LogP contribution in [0.5, 0.6) is 5.75 Å². The summed E-state index contributed by atoms with van der Waals surface area (Å²) in [4.78, 5) is 17.0. The molecule has 1 aromatic heterocycles. The standard InChI is InChI=1S/C25H18ClF2N7O9S2.Cu.2Na/c1-11-2-4-12(5-3-11)22(34-32-16-8-13(45-44-43-39)6-7-15(16)24(37)38)35-33-18-10-14(46(40,41)42)9-17(20(18)36)29-23-19(26)21(27)30-25(28)31-23;;;/h2-10H,1H3,(H6,29,30,31,32,33,34,35,36,37,38,39,40,41,42);;;/q;3*+1/p-3. The monoisotopic (exact) mass is 803 g/mol. The Balaban J connectivity index is 0.00000400. The maximum absolute atomic E-state index is 13.8. The molecular formula is C25H15ClCuF2N7Na2O9S2. The number of carboxylic acids is 1. The number of nitrogens with zero attached hydrogens (tertiary/aromatic N) is 6. The van der Waals surface area contributed by atoms with Crippen molar-refractivity contribution in [3.8, 4) is 5.75 Å². The summed E-state index contributed by atoms with van der Waals surface area (Å²) >= 11 is 6.20. The maximum atomic E-state index is 13.8. The zero-order valence-electron chi connectivity index (χ0n) is 24.9. The first kappa shape index (κ1) is 44.7. The number of phenolic OH excluding ortho intramolecular Hbond substituents is 1. The quantitative estimate of drug-likeness (QED) is 0.0143. The molecule has 0 radical (unpaired) electrons. The zero-order valence-corrected chi connectivity index (χ0v) is 32.2. The number of nitrogens with one attached hydrogen (secondary N) is 1. The van der Waals surface area contributed by atoms with E-state index in [2.05, 4.69) is 45.4 Å². The van der Waals surface area contributed by atoms with Gasteiger partial charge in [0, 0.05) is 16.0 Å². The van der Waals surface area contributed by atoms with E-state index in [0.717, 1.165) is 11.6 Å². The van der Waals surface area contributed by atoms with Crippen molar-refractivity contribution in [1.82, 2.24) is 9.97 Å². The SMILES string of the molecule is Cc1ccc(/C(N=Nc2cc(S(=O)(=O)[O-])cc(Nc3nc(F)nc(F)c3Cl)c2O)=N/[N-]c2cc(SOO[O-])ccc2C(=O)O)cc1.[Cu+].[Na+].[Na+]. The Morgan fingerprint density at radius 2 is 1.78 bits per heavy atom. The fourth-order valence-electron chi connectivity index (χ4n) is 3.43. The fraction of sp³-hybridized carbons (Fsp3) is 0.0400. The number of amidine groups is 1. The minimum absolute atomic E-state index is 0. The number of hydrogen-bond donors (Lipinski definition) is 3. The van der Waals surface area contributed by atoms with Crippen LogP contribution in [0.3, 0.4) is 0 Å². The third-order valence-electron chi connectivity index (χ3n) is 5.56. The summed E-state index contributed by atoms with van der Waals surface area (Å²) in [6, 6.07) is 11.4. The summed E-state index contributed by atoms with van der Waals surface area (Å²) in [5.41, 5.74) is 3.22. The third kappa shape index (κ3) is 12.2. The van der Waals surface area contributed by atoms with Gasteiger partial charge >= 0.3 is 88.2 Å². The Morgan fingerprint density at radius 1 is 1.10 bits per heavy atom. The number of carbonyl (C=O) groups is 1. The number of phenols is 1. The van der Waals surface area contributed by atoms with Gasteiger partial charge in [-0.15, -0.1) is 15.9 Å². The van der Waals surface area contributed by atoms with Gasteiger partial charge < -0.3 is 35.9 Å². The largest absolute Gasteiger partial charge is 1.00 e. The van der Waals surface area contributed by atoms with E-state index in [0.29, 0.717) is 24.2 Å². The summed E-state index contributed by atoms with van der Waals surface area (Å²) < 4.78 is 67.3. The van der Waals surface area contributed by atoms with E-state index in [9.17, 15) is 42.0 Å². The topological polar surface area (TPSA) is 245 Å². The molecule has 0 fully saturated rings. The van der Waals surface area contributed by atoms with Gasteiger partial charge in [-0.05, 0) is 31.2 Å². The number of rotatable bonds is 11. The predicted molar refractivity (Wildman–Crippen MR) is 153 cm³/mol. The van der Waals surface area contributed by atoms with Crippen molar-refractivity contribution in [2.24, 2.45) is 15.3 Å². The summed E-state index contributed by atoms with van der Waals surface area (Å²) in [5, 5.41) is 47.0. The summed E-state index contributed by atoms with van der Waals surface area (Å²) in [6.07, 6.45) is -1.56. The van der Waals surface area contributed by atoms with Gasteiger partial charge in [-0.3, -0.25) is 5.04 Å². The molecule has 1 heterocycles. The molecule has 49 heavy (non-hydrogen) atoms. The van der Waals surface area contributed by atoms with Crippen molar-refractivity contribution in [1.29, 1.82) is 0 Å². The van der Waals surface area contributed by atoms with E-state index >= 15 is 0 Å². The van der Waals surface area contributed by atoms with E-state index in [1.165, 1.54) is 24.3 Å². The number of aromatic nitrogens is 2. The molecule has 0 aliphatic carbocycles. The van der Waals surface area contributed by atoms with Crippen molar-refractivity contribution < 1.29 is 128 Å². The number of aryl methyl sites for hydroxylation is 1. The first-order valence-electron chi connectivity index (χ1n) is 12.0. The number of benzene rings is 3. The third-order valence-corrected chi connectivity index (χ3v) is 7.28. The number of aromatic hydroxyl groups is 1. The van der Waals surface area contributed by atoms with Crippen LogP contribution in [0.4, 0.5) is 31.7 Å². The molecule has 0 spiro atoms. The van der Waals surface area contributed by atoms with Crippen LogP contribution >= 0.6 is 23.6 Å². The summed E-state index contributed by atoms with van der Waals surface area (Å²) in [6.45, 7) is 1.78. The molecule has 0 aliphatic heterocycles. The van der Waals surface area contributed by atoms with Crippen molar-refractivity contribution in [3.63, 3.8) is 0 Å². The average molecular weight is 805 g/mol. The smallest absolute Gasteiger partial charge is 0.744 e. The minimum Gasteiger partial charge on any atom is -0.744 e. The van der Waals surface area contributed by atoms with Gasteiger partial charge in [0.2, 0.25) is 5.95 Å². The molecule has 0 saturated carbocycles. The van der Waals surface area contributed by atoms with Crippen LogP contribution in [0, 0.1) is 18.9 Å². The van der Waals surface area contributed by atoms with Gasteiger partial charge in [0.15, 0.2) is 17.4 Å². The zero-order chi connectivity index (χ0) is 33.6. The second-order valence-electron chi connectivity index (χ2n) is 8.66. The van der Waals surface area contributed by atoms with E-state index in [4.69, 9.17) is 11.6 Å². The van der Waals surface area contributed by atoms with E-state index in [-0.39, 0.29) is 104 Å². The van der Waals surface area contributed by atoms with Crippen LogP contribution in [0.15, 0.2) is 79.7 Å². The van der Waals surface area contributed by atoms with Gasteiger partial charge in [-0.2, -0.15) is 23.1 Å². The molecule has 3 N–H and O–H groups in total. The molecule has 250 valence electrons. The van der Waals surface area contributed by atoms with E-state index < -0.39 is 61.0 Å². The number of hydrogen-bond acceptors (Lipinski definition) is 14. The van der Waals surface area contributed by atoms with Crippen molar-refractivity contribution in [2.75, 3.05) is 5.32 Å². The van der Waals surface area contributed by atoms with Gasteiger partial charge in [0.25, 0.3) is 0 Å². The summed E-state index contributed by atoms with van der Waals surface area (Å²) in [5.74, 6) is -4.76. The van der Waals surface area contributed by atoms with Crippen LogP contribution in [-0.4, -0.2) is 45.0 Å². The predicted octanol–water partition coefficient (Wildman–Crippen LogP) is -0.845. The normalized spacial score (nSPS) is 11.3. The summed E-state index contributed by atoms with van der Waals surface area (Å²) in [7, 11) is -5.21. The van der Waals surface area contributed by atoms with Gasteiger partial charge in [0.1, 0.15) is 20.8 Å². The molecule has 4 rings (SSSR count). The Morgan fingerprint density at radius 3 is 2.39 bits per heavy atom. The van der Waals surface area contributed by atoms with Crippen LogP contribution in [0.25, 0.3) is 5.43 Å². The molecule has 0 unspecified atom stereocenters. The number of carboxylic acid groups (broad SMARTS) is 1. The molecular weight excluding hydrogens is 789 g/mol. The maximum Gasteiger partial charge on any atom is 1.00 e. The molecule has 0 bridgehead atoms. The van der Waals surface area contributed by atoms with Crippen LogP contribution < -0.4 is 69.7 Å². The van der Waals surface area contributed by atoms with Crippen LogP contribution in [0.2, 0.25) is 5.02 Å². The van der Waals surface area contributed by atoms with Crippen LogP contribution in [-0.2, 0) is 36.6 Å². The van der Waals surface area contributed by atoms with E-state index in [1.54, 1.807) is 19.1 Å². The number of aromatic carboxylic acids is 1. The molecule has 0 amide bonds. The first-order chi connectivity index (χ1) is 21.8. The second kappa shape index (κ2) is 19.9. The van der Waals surface area contributed by atoms with Gasteiger partial charge in [0.05, 0.1) is 22.6 Å². The second-order valence-corrected chi connectivity index (χ2v) is 11.2. The van der Waals surface area contributed by atoms with Crippen molar-refractivity contribution in [3.05, 3.63) is 93.8 Å². The van der Waals surface area contributed by atoms with Gasteiger partial charge in [-0.1, -0.05) is 47.5 Å².